The number of nitrogens with zero attached hydrogens (tertiary/aromatic N) is 3. The highest BCUT2D eigenvalue weighted by molar-refractivity contribution is 5.95. The lowest BCUT2D eigenvalue weighted by atomic mass is 9.77. The summed E-state index contributed by atoms with van der Waals surface area (Å²) in [4.78, 5) is 32.7. The molecular formula is C28H29N3O3. The minimum absolute atomic E-state index is 0.0531. The number of aromatic nitrogens is 2. The molecule has 3 aromatic rings. The standard InChI is InChI=1S/C28H29N3O3/c1-30-14-13-29-27(30)26(32)18-15-19-7-6-8-20(16-18)31(19)28(33)34-17-25-23-11-4-2-9-21(23)22-10-3-5-12-24(22)25/h2-5,9-14,18-20,25H,6-8,15-17H2,1H3. The Bertz CT molecular complexity index is 1190. The molecule has 2 unspecified atom stereocenters. The van der Waals surface area contributed by atoms with E-state index >= 15 is 0 Å². The third-order valence-electron chi connectivity index (χ3n) is 7.93. The van der Waals surface area contributed by atoms with Crippen LogP contribution in [0.2, 0.25) is 0 Å². The van der Waals surface area contributed by atoms with Crippen LogP contribution in [0.3, 0.4) is 0 Å². The molecule has 174 valence electrons. The number of fused-ring (bicyclic) bond motifs is 5. The third kappa shape index (κ3) is 3.44. The van der Waals surface area contributed by atoms with Gasteiger partial charge in [0.25, 0.3) is 0 Å². The number of piperidine rings is 2. The van der Waals surface area contributed by atoms with Gasteiger partial charge in [-0.15, -0.1) is 0 Å². The zero-order valence-electron chi connectivity index (χ0n) is 19.4. The van der Waals surface area contributed by atoms with Crippen LogP contribution < -0.4 is 0 Å². The molecule has 0 N–H and O–H groups in total. The van der Waals surface area contributed by atoms with Crippen molar-refractivity contribution in [2.45, 2.75) is 50.1 Å². The second-order valence-electron chi connectivity index (χ2n) is 9.84. The van der Waals surface area contributed by atoms with E-state index in [0.29, 0.717) is 25.3 Å². The molecule has 6 nitrogen and oxygen atoms in total. The first-order valence-electron chi connectivity index (χ1n) is 12.3. The molecule has 0 spiro atoms. The fraction of sp³-hybridized carbons (Fsp3) is 0.393. The van der Waals surface area contributed by atoms with Gasteiger partial charge in [-0.2, -0.15) is 0 Å². The van der Waals surface area contributed by atoms with E-state index in [9.17, 15) is 9.59 Å². The Kier molecular flexibility index (Phi) is 5.24. The Morgan fingerprint density at radius 1 is 0.971 bits per heavy atom. The number of ether oxygens (including phenoxy) is 1. The third-order valence-corrected chi connectivity index (χ3v) is 7.93. The number of carbonyl (C=O) groups is 2. The van der Waals surface area contributed by atoms with Gasteiger partial charge in [0.1, 0.15) is 6.61 Å². The highest BCUT2D eigenvalue weighted by atomic mass is 16.6. The van der Waals surface area contributed by atoms with Crippen LogP contribution in [-0.2, 0) is 11.8 Å². The molecule has 0 radical (unpaired) electrons. The lowest BCUT2D eigenvalue weighted by Crippen LogP contribution is -2.56. The molecule has 1 aliphatic carbocycles. The second-order valence-corrected chi connectivity index (χ2v) is 9.84. The van der Waals surface area contributed by atoms with E-state index in [1.807, 2.05) is 24.1 Å². The highest BCUT2D eigenvalue weighted by Gasteiger charge is 2.44. The average Bonchev–Trinajstić information content (AvgIpc) is 3.42. The van der Waals surface area contributed by atoms with Crippen molar-refractivity contribution in [2.24, 2.45) is 13.0 Å². The number of Topliss-reactive ketones (excluding diaryl/α,β-unsaturated/α-hetero) is 1. The number of carbonyl (C=O) groups excluding carboxylic acids is 2. The fourth-order valence-corrected chi connectivity index (χ4v) is 6.35. The summed E-state index contributed by atoms with van der Waals surface area (Å²) >= 11 is 0. The first kappa shape index (κ1) is 21.1. The largest absolute Gasteiger partial charge is 0.448 e. The van der Waals surface area contributed by atoms with Crippen molar-refractivity contribution in [1.29, 1.82) is 0 Å². The molecule has 2 bridgehead atoms. The summed E-state index contributed by atoms with van der Waals surface area (Å²) in [5.41, 5.74) is 4.89. The van der Waals surface area contributed by atoms with Crippen LogP contribution in [-0.4, -0.2) is 45.0 Å². The van der Waals surface area contributed by atoms with Gasteiger partial charge in [-0.05, 0) is 54.4 Å². The minimum Gasteiger partial charge on any atom is -0.448 e. The maximum atomic E-state index is 13.4. The monoisotopic (exact) mass is 455 g/mol. The predicted octanol–water partition coefficient (Wildman–Crippen LogP) is 5.19. The minimum atomic E-state index is -0.237. The Hall–Kier alpha value is -3.41. The normalized spacial score (nSPS) is 23.3. The molecule has 1 amide bonds. The first-order chi connectivity index (χ1) is 16.6. The topological polar surface area (TPSA) is 64.4 Å². The van der Waals surface area contributed by atoms with Crippen LogP contribution >= 0.6 is 0 Å². The van der Waals surface area contributed by atoms with Crippen molar-refractivity contribution in [3.8, 4) is 11.1 Å². The van der Waals surface area contributed by atoms with Gasteiger partial charge in [0.2, 0.25) is 5.78 Å². The molecule has 2 aromatic carbocycles. The number of hydrogen-bond donors (Lipinski definition) is 0. The summed E-state index contributed by atoms with van der Waals surface area (Å²) in [7, 11) is 1.85. The molecule has 2 saturated heterocycles. The van der Waals surface area contributed by atoms with Crippen LogP contribution in [0.15, 0.2) is 60.9 Å². The Morgan fingerprint density at radius 3 is 2.18 bits per heavy atom. The average molecular weight is 456 g/mol. The Labute approximate surface area is 199 Å². The summed E-state index contributed by atoms with van der Waals surface area (Å²) in [5, 5.41) is 0. The summed E-state index contributed by atoms with van der Waals surface area (Å²) in [6.45, 7) is 0.332. The number of aryl methyl sites for hydroxylation is 1. The molecule has 2 atom stereocenters. The number of ketones is 1. The molecule has 2 aliphatic heterocycles. The first-order valence-corrected chi connectivity index (χ1v) is 12.3. The van der Waals surface area contributed by atoms with Gasteiger partial charge in [-0.25, -0.2) is 9.78 Å². The van der Waals surface area contributed by atoms with E-state index in [-0.39, 0.29) is 35.8 Å². The van der Waals surface area contributed by atoms with Gasteiger partial charge in [0.05, 0.1) is 0 Å². The number of amides is 1. The van der Waals surface area contributed by atoms with Crippen molar-refractivity contribution in [2.75, 3.05) is 6.61 Å². The number of benzene rings is 2. The van der Waals surface area contributed by atoms with E-state index in [2.05, 4.69) is 41.4 Å². The van der Waals surface area contributed by atoms with Gasteiger partial charge in [-0.1, -0.05) is 48.5 Å². The van der Waals surface area contributed by atoms with Gasteiger partial charge in [0, 0.05) is 43.4 Å². The van der Waals surface area contributed by atoms with Gasteiger partial charge in [-0.3, -0.25) is 4.79 Å². The molecule has 6 rings (SSSR count). The number of rotatable bonds is 4. The van der Waals surface area contributed by atoms with Gasteiger partial charge < -0.3 is 14.2 Å². The molecule has 3 aliphatic rings. The summed E-state index contributed by atoms with van der Waals surface area (Å²) < 4.78 is 7.78. The smallest absolute Gasteiger partial charge is 0.410 e. The summed E-state index contributed by atoms with van der Waals surface area (Å²) in [5.74, 6) is 0.571. The van der Waals surface area contributed by atoms with Crippen molar-refractivity contribution in [3.05, 3.63) is 77.9 Å². The zero-order chi connectivity index (χ0) is 23.2. The maximum Gasteiger partial charge on any atom is 0.410 e. The van der Waals surface area contributed by atoms with Crippen molar-refractivity contribution in [3.63, 3.8) is 0 Å². The van der Waals surface area contributed by atoms with Gasteiger partial charge >= 0.3 is 6.09 Å². The van der Waals surface area contributed by atoms with Crippen LogP contribution in [0.25, 0.3) is 11.1 Å². The van der Waals surface area contributed by atoms with Crippen molar-refractivity contribution < 1.29 is 14.3 Å². The lowest BCUT2D eigenvalue weighted by molar-refractivity contribution is 0.00623. The van der Waals surface area contributed by atoms with E-state index in [4.69, 9.17) is 4.74 Å². The molecule has 3 heterocycles. The van der Waals surface area contributed by atoms with Crippen molar-refractivity contribution >= 4 is 11.9 Å². The SMILES string of the molecule is Cn1ccnc1C(=O)C1CC2CCCC(C1)N2C(=O)OCC1c2ccccc2-c2ccccc21. The number of hydrogen-bond acceptors (Lipinski definition) is 4. The van der Waals surface area contributed by atoms with E-state index in [1.165, 1.54) is 22.3 Å². The van der Waals surface area contributed by atoms with E-state index < -0.39 is 0 Å². The Morgan fingerprint density at radius 2 is 1.59 bits per heavy atom. The molecule has 1 aromatic heterocycles. The van der Waals surface area contributed by atoms with E-state index in [0.717, 1.165) is 19.3 Å². The van der Waals surface area contributed by atoms with Crippen LogP contribution in [0.5, 0.6) is 0 Å². The summed E-state index contributed by atoms with van der Waals surface area (Å²) in [6, 6.07) is 16.9. The van der Waals surface area contributed by atoms with E-state index in [1.54, 1.807) is 17.0 Å². The molecule has 6 heteroatoms. The molecule has 0 saturated carbocycles. The number of imidazole rings is 1. The maximum absolute atomic E-state index is 13.4. The Balaban J connectivity index is 1.17. The van der Waals surface area contributed by atoms with Crippen molar-refractivity contribution in [1.82, 2.24) is 14.5 Å². The predicted molar refractivity (Wildman–Crippen MR) is 129 cm³/mol. The van der Waals surface area contributed by atoms with Crippen LogP contribution in [0.1, 0.15) is 59.8 Å². The second kappa shape index (κ2) is 8.42. The zero-order valence-corrected chi connectivity index (χ0v) is 19.4. The summed E-state index contributed by atoms with van der Waals surface area (Å²) in [6.07, 6.45) is 7.54. The quantitative estimate of drug-likeness (QED) is 0.508. The van der Waals surface area contributed by atoms with Crippen LogP contribution in [0, 0.1) is 5.92 Å². The molecule has 34 heavy (non-hydrogen) atoms. The van der Waals surface area contributed by atoms with Gasteiger partial charge in [0.15, 0.2) is 5.82 Å². The molecule has 2 fully saturated rings. The lowest BCUT2D eigenvalue weighted by Gasteiger charge is -2.47. The fourth-order valence-electron chi connectivity index (χ4n) is 6.35. The van der Waals surface area contributed by atoms with Crippen LogP contribution in [0.4, 0.5) is 4.79 Å². The molecular weight excluding hydrogens is 426 g/mol. The highest BCUT2D eigenvalue weighted by Crippen LogP contribution is 2.45.